The molecule has 0 fully saturated rings. The largest absolute Gasteiger partial charge is 0.482 e. The van der Waals surface area contributed by atoms with E-state index in [2.05, 4.69) is 12.2 Å². The summed E-state index contributed by atoms with van der Waals surface area (Å²) in [7, 11) is 0. The summed E-state index contributed by atoms with van der Waals surface area (Å²) in [5, 5.41) is 2.67. The molecule has 2 rings (SSSR count). The fraction of sp³-hybridized carbons (Fsp3) is 0.222. The first-order valence-corrected chi connectivity index (χ1v) is 7.39. The number of benzene rings is 2. The second-order valence-electron chi connectivity index (χ2n) is 4.86. The number of ether oxygens (including phenoxy) is 2. The molecular weight excluding hydrogens is 294 g/mol. The van der Waals surface area contributed by atoms with Crippen LogP contribution in [0.2, 0.25) is 0 Å². The van der Waals surface area contributed by atoms with Gasteiger partial charge in [-0.2, -0.15) is 0 Å². The topological polar surface area (TPSA) is 64.6 Å². The first-order chi connectivity index (χ1) is 11.2. The van der Waals surface area contributed by atoms with Crippen LogP contribution in [0.4, 0.5) is 5.69 Å². The summed E-state index contributed by atoms with van der Waals surface area (Å²) in [5.41, 5.74) is 1.86. The lowest BCUT2D eigenvalue weighted by molar-refractivity contribution is -0.149. The van der Waals surface area contributed by atoms with Crippen molar-refractivity contribution in [3.63, 3.8) is 0 Å². The van der Waals surface area contributed by atoms with E-state index < -0.39 is 5.97 Å². The molecule has 0 aromatic heterocycles. The molecule has 0 saturated carbocycles. The number of anilines is 1. The van der Waals surface area contributed by atoms with Crippen molar-refractivity contribution in [1.29, 1.82) is 0 Å². The zero-order valence-electron chi connectivity index (χ0n) is 13.0. The van der Waals surface area contributed by atoms with Gasteiger partial charge in [0.25, 0.3) is 5.91 Å². The quantitative estimate of drug-likeness (QED) is 0.798. The predicted octanol–water partition coefficient (Wildman–Crippen LogP) is 2.81. The van der Waals surface area contributed by atoms with Gasteiger partial charge in [-0.1, -0.05) is 37.3 Å². The van der Waals surface area contributed by atoms with E-state index >= 15 is 0 Å². The van der Waals surface area contributed by atoms with E-state index in [9.17, 15) is 9.59 Å². The highest BCUT2D eigenvalue weighted by atomic mass is 16.6. The second-order valence-corrected chi connectivity index (χ2v) is 4.86. The third-order valence-corrected chi connectivity index (χ3v) is 3.11. The van der Waals surface area contributed by atoms with Crippen LogP contribution in [0.15, 0.2) is 54.6 Å². The van der Waals surface area contributed by atoms with Crippen LogP contribution in [0.5, 0.6) is 5.75 Å². The van der Waals surface area contributed by atoms with Crippen LogP contribution in [0.1, 0.15) is 12.5 Å². The van der Waals surface area contributed by atoms with E-state index in [1.54, 1.807) is 24.3 Å². The number of hydrogen-bond donors (Lipinski definition) is 1. The van der Waals surface area contributed by atoms with Crippen LogP contribution in [0.3, 0.4) is 0 Å². The van der Waals surface area contributed by atoms with Gasteiger partial charge in [-0.15, -0.1) is 0 Å². The summed E-state index contributed by atoms with van der Waals surface area (Å²) in [6, 6.07) is 16.4. The van der Waals surface area contributed by atoms with Crippen molar-refractivity contribution in [1.82, 2.24) is 0 Å². The minimum absolute atomic E-state index is 0.234. The number of esters is 1. The number of carbonyl (C=O) groups is 2. The number of para-hydroxylation sites is 1. The number of aryl methyl sites for hydroxylation is 1. The van der Waals surface area contributed by atoms with Gasteiger partial charge in [0.05, 0.1) is 0 Å². The molecule has 0 aliphatic heterocycles. The molecule has 0 unspecified atom stereocenters. The highest BCUT2D eigenvalue weighted by molar-refractivity contribution is 5.92. The minimum Gasteiger partial charge on any atom is -0.482 e. The van der Waals surface area contributed by atoms with E-state index in [1.165, 1.54) is 5.56 Å². The summed E-state index contributed by atoms with van der Waals surface area (Å²) in [6.07, 6.45) is 0.938. The molecule has 0 radical (unpaired) electrons. The van der Waals surface area contributed by atoms with Crippen molar-refractivity contribution < 1.29 is 19.1 Å². The fourth-order valence-corrected chi connectivity index (χ4v) is 1.87. The SMILES string of the molecule is CCc1ccc(NC(=O)COC(=O)COc2ccccc2)cc1. The van der Waals surface area contributed by atoms with E-state index in [1.807, 2.05) is 30.3 Å². The van der Waals surface area contributed by atoms with Gasteiger partial charge in [-0.05, 0) is 36.2 Å². The summed E-state index contributed by atoms with van der Waals surface area (Å²) in [5.74, 6) is -0.405. The fourth-order valence-electron chi connectivity index (χ4n) is 1.87. The Kier molecular flexibility index (Phi) is 6.17. The molecule has 0 bridgehead atoms. The molecule has 5 nitrogen and oxygen atoms in total. The minimum atomic E-state index is -0.592. The Hall–Kier alpha value is -2.82. The normalized spacial score (nSPS) is 9.96. The van der Waals surface area contributed by atoms with Gasteiger partial charge < -0.3 is 14.8 Å². The monoisotopic (exact) mass is 313 g/mol. The Morgan fingerprint density at radius 2 is 1.65 bits per heavy atom. The maximum atomic E-state index is 11.7. The van der Waals surface area contributed by atoms with Crippen LogP contribution in [-0.2, 0) is 20.7 Å². The first-order valence-electron chi connectivity index (χ1n) is 7.39. The highest BCUT2D eigenvalue weighted by Crippen LogP contribution is 2.10. The van der Waals surface area contributed by atoms with E-state index in [-0.39, 0.29) is 19.1 Å². The molecule has 23 heavy (non-hydrogen) atoms. The highest BCUT2D eigenvalue weighted by Gasteiger charge is 2.08. The maximum Gasteiger partial charge on any atom is 0.344 e. The van der Waals surface area contributed by atoms with Gasteiger partial charge in [0.1, 0.15) is 5.75 Å². The molecule has 2 aromatic rings. The summed E-state index contributed by atoms with van der Waals surface area (Å²) >= 11 is 0. The van der Waals surface area contributed by atoms with Crippen molar-refractivity contribution >= 4 is 17.6 Å². The Morgan fingerprint density at radius 3 is 2.30 bits per heavy atom. The van der Waals surface area contributed by atoms with Gasteiger partial charge in [-0.25, -0.2) is 4.79 Å². The van der Waals surface area contributed by atoms with Gasteiger partial charge >= 0.3 is 5.97 Å². The summed E-state index contributed by atoms with van der Waals surface area (Å²) < 4.78 is 10.1. The zero-order valence-corrected chi connectivity index (χ0v) is 13.0. The maximum absolute atomic E-state index is 11.7. The smallest absolute Gasteiger partial charge is 0.344 e. The Labute approximate surface area is 135 Å². The third kappa shape index (κ3) is 5.82. The summed E-state index contributed by atoms with van der Waals surface area (Å²) in [4.78, 5) is 23.2. The van der Waals surface area contributed by atoms with Crippen LogP contribution in [-0.4, -0.2) is 25.1 Å². The van der Waals surface area contributed by atoms with E-state index in [4.69, 9.17) is 9.47 Å². The van der Waals surface area contributed by atoms with Crippen molar-refractivity contribution in [2.75, 3.05) is 18.5 Å². The molecule has 2 aromatic carbocycles. The Morgan fingerprint density at radius 1 is 0.957 bits per heavy atom. The molecule has 0 atom stereocenters. The van der Waals surface area contributed by atoms with Crippen molar-refractivity contribution in [3.05, 3.63) is 60.2 Å². The van der Waals surface area contributed by atoms with Crippen molar-refractivity contribution in [2.24, 2.45) is 0 Å². The number of carbonyl (C=O) groups excluding carboxylic acids is 2. The van der Waals surface area contributed by atoms with Crippen LogP contribution >= 0.6 is 0 Å². The first kappa shape index (κ1) is 16.5. The van der Waals surface area contributed by atoms with Crippen molar-refractivity contribution in [2.45, 2.75) is 13.3 Å². The van der Waals surface area contributed by atoms with Crippen molar-refractivity contribution in [3.8, 4) is 5.75 Å². The number of hydrogen-bond acceptors (Lipinski definition) is 4. The summed E-state index contributed by atoms with van der Waals surface area (Å²) in [6.45, 7) is 1.49. The molecule has 5 heteroatoms. The average molecular weight is 313 g/mol. The lowest BCUT2D eigenvalue weighted by atomic mass is 10.1. The molecule has 1 amide bonds. The van der Waals surface area contributed by atoms with Gasteiger partial charge in [0, 0.05) is 5.69 Å². The van der Waals surface area contributed by atoms with Gasteiger partial charge in [0.15, 0.2) is 13.2 Å². The molecule has 0 saturated heterocycles. The lowest BCUT2D eigenvalue weighted by Crippen LogP contribution is -2.23. The number of amides is 1. The van der Waals surface area contributed by atoms with Gasteiger partial charge in [0.2, 0.25) is 0 Å². The second kappa shape index (κ2) is 8.58. The van der Waals surface area contributed by atoms with Gasteiger partial charge in [-0.3, -0.25) is 4.79 Å². The van der Waals surface area contributed by atoms with Crippen LogP contribution in [0, 0.1) is 0 Å². The van der Waals surface area contributed by atoms with Crippen LogP contribution < -0.4 is 10.1 Å². The molecule has 0 heterocycles. The molecule has 120 valence electrons. The lowest BCUT2D eigenvalue weighted by Gasteiger charge is -2.08. The Bertz CT molecular complexity index is 638. The van der Waals surface area contributed by atoms with E-state index in [0.29, 0.717) is 11.4 Å². The van der Waals surface area contributed by atoms with E-state index in [0.717, 1.165) is 6.42 Å². The standard InChI is InChI=1S/C18H19NO4/c1-2-14-8-10-15(11-9-14)19-17(20)12-23-18(21)13-22-16-6-4-3-5-7-16/h3-11H,2,12-13H2,1H3,(H,19,20). The zero-order chi connectivity index (χ0) is 16.5. The van der Waals surface area contributed by atoms with Crippen LogP contribution in [0.25, 0.3) is 0 Å². The predicted molar refractivity (Wildman–Crippen MR) is 87.3 cm³/mol. The molecule has 0 aliphatic carbocycles. The average Bonchev–Trinajstić information content (AvgIpc) is 2.60. The third-order valence-electron chi connectivity index (χ3n) is 3.11. The molecule has 1 N–H and O–H groups in total. The molecular formula is C18H19NO4. The molecule has 0 spiro atoms. The number of nitrogens with one attached hydrogen (secondary N) is 1. The molecule has 0 aliphatic rings. The Balaban J connectivity index is 1.69. The number of rotatable bonds is 7.